The number of aliphatic hydroxyl groups is 1. The first kappa shape index (κ1) is 52.6. The maximum atomic E-state index is 15.0. The van der Waals surface area contributed by atoms with Crippen LogP contribution in [0.25, 0.3) is 27.0 Å². The first-order chi connectivity index (χ1) is 38.4. The number of thiazole rings is 1. The van der Waals surface area contributed by atoms with E-state index in [1.54, 1.807) is 27.0 Å². The largest absolute Gasteiger partial charge is 0.391 e. The monoisotopic (exact) mass is 1100 g/mol. The number of hydrogen-bond acceptors (Lipinski definition) is 11. The number of benzene rings is 3. The highest BCUT2D eigenvalue weighted by Crippen LogP contribution is 2.52. The Morgan fingerprint density at radius 3 is 2.37 bits per heavy atom. The number of rotatable bonds is 12. The van der Waals surface area contributed by atoms with Crippen LogP contribution >= 0.6 is 22.9 Å². The van der Waals surface area contributed by atoms with E-state index in [1.807, 2.05) is 66.9 Å². The molecule has 4 atom stereocenters. The van der Waals surface area contributed by atoms with Crippen molar-refractivity contribution in [1.82, 2.24) is 49.5 Å². The average molecular weight is 1110 g/mol. The number of carbonyl (C=O) groups excluding carboxylic acids is 3. The predicted octanol–water partition coefficient (Wildman–Crippen LogP) is 9.81. The Morgan fingerprint density at radius 2 is 1.65 bits per heavy atom. The number of aromatic nitrogens is 6. The summed E-state index contributed by atoms with van der Waals surface area (Å²) in [5, 5.41) is 24.2. The number of aryl methyl sites for hydroxylation is 1. The van der Waals surface area contributed by atoms with Gasteiger partial charge in [-0.15, -0.1) is 16.4 Å². The Labute approximate surface area is 471 Å². The zero-order chi connectivity index (χ0) is 54.1. The molecule has 3 aromatic heterocycles. The van der Waals surface area contributed by atoms with Gasteiger partial charge in [0.2, 0.25) is 17.7 Å². The first-order valence-electron chi connectivity index (χ1n) is 29.5. The molecule has 17 heteroatoms. The molecule has 3 saturated carbocycles. The summed E-state index contributed by atoms with van der Waals surface area (Å²) in [5.74, 6) is 1.89. The van der Waals surface area contributed by atoms with Crippen LogP contribution in [0.3, 0.4) is 0 Å². The molecule has 15 nitrogen and oxygen atoms in total. The molecule has 6 fully saturated rings. The van der Waals surface area contributed by atoms with Gasteiger partial charge in [-0.25, -0.2) is 9.67 Å². The van der Waals surface area contributed by atoms with Crippen LogP contribution in [0, 0.1) is 24.7 Å². The Kier molecular flexibility index (Phi) is 14.4. The van der Waals surface area contributed by atoms with Crippen LogP contribution in [0.5, 0.6) is 0 Å². The van der Waals surface area contributed by atoms with Gasteiger partial charge in [0.05, 0.1) is 60.9 Å². The Morgan fingerprint density at radius 1 is 0.886 bits per heavy atom. The minimum Gasteiger partial charge on any atom is -0.391 e. The number of amides is 3. The Hall–Kier alpha value is -5.81. The molecular formula is C62H73ClN10O5S. The van der Waals surface area contributed by atoms with E-state index in [-0.39, 0.29) is 59.5 Å². The molecule has 0 radical (unpaired) electrons. The third-order valence-corrected chi connectivity index (χ3v) is 20.8. The molecule has 1 spiro atoms. The summed E-state index contributed by atoms with van der Waals surface area (Å²) < 4.78 is 3.99. The van der Waals surface area contributed by atoms with E-state index in [0.717, 1.165) is 135 Å². The van der Waals surface area contributed by atoms with E-state index in [9.17, 15) is 24.3 Å². The number of nitrogens with one attached hydrogen (secondary N) is 1. The lowest BCUT2D eigenvalue weighted by Crippen LogP contribution is -2.51. The van der Waals surface area contributed by atoms with Gasteiger partial charge in [0.25, 0.3) is 5.56 Å². The Bertz CT molecular complexity index is 3320. The van der Waals surface area contributed by atoms with Crippen LogP contribution < -0.4 is 10.9 Å². The van der Waals surface area contributed by atoms with Crippen molar-refractivity contribution in [3.05, 3.63) is 122 Å². The average Bonchev–Trinajstić information content (AvgIpc) is 3.59. The highest BCUT2D eigenvalue weighted by Gasteiger charge is 2.48. The minimum atomic E-state index is -0.832. The van der Waals surface area contributed by atoms with Crippen molar-refractivity contribution in [3.63, 3.8) is 0 Å². The van der Waals surface area contributed by atoms with Crippen molar-refractivity contribution in [2.45, 2.75) is 158 Å². The van der Waals surface area contributed by atoms with Gasteiger partial charge in [-0.1, -0.05) is 78.5 Å². The van der Waals surface area contributed by atoms with Gasteiger partial charge in [-0.3, -0.25) is 23.7 Å². The van der Waals surface area contributed by atoms with Gasteiger partial charge in [0.1, 0.15) is 17.9 Å². The second-order valence-electron chi connectivity index (χ2n) is 24.4. The fourth-order valence-corrected chi connectivity index (χ4v) is 16.0. The lowest BCUT2D eigenvalue weighted by molar-refractivity contribution is -0.144. The zero-order valence-electron chi connectivity index (χ0n) is 45.6. The van der Waals surface area contributed by atoms with Crippen LogP contribution in [0.15, 0.2) is 77.2 Å². The summed E-state index contributed by atoms with van der Waals surface area (Å²) in [6.07, 6.45) is 16.2. The zero-order valence-corrected chi connectivity index (χ0v) is 47.1. The molecule has 13 rings (SSSR count). The third kappa shape index (κ3) is 9.94. The maximum Gasteiger partial charge on any atom is 0.282 e. The maximum absolute atomic E-state index is 15.0. The topological polar surface area (TPSA) is 172 Å². The lowest BCUT2D eigenvalue weighted by atomic mass is 9.69. The van der Waals surface area contributed by atoms with Crippen molar-refractivity contribution < 1.29 is 19.5 Å². The quantitative estimate of drug-likeness (QED) is 0.120. The van der Waals surface area contributed by atoms with Crippen molar-refractivity contribution in [1.29, 1.82) is 0 Å². The summed E-state index contributed by atoms with van der Waals surface area (Å²) in [4.78, 5) is 73.4. The van der Waals surface area contributed by atoms with Crippen LogP contribution in [0.2, 0.25) is 5.02 Å². The van der Waals surface area contributed by atoms with Crippen molar-refractivity contribution >= 4 is 51.6 Å². The van der Waals surface area contributed by atoms with E-state index in [4.69, 9.17) is 16.6 Å². The molecule has 0 unspecified atom stereocenters. The van der Waals surface area contributed by atoms with Crippen LogP contribution in [0.1, 0.15) is 167 Å². The summed E-state index contributed by atoms with van der Waals surface area (Å²) in [6, 6.07) is 19.2. The van der Waals surface area contributed by atoms with Gasteiger partial charge in [-0.2, -0.15) is 4.98 Å². The van der Waals surface area contributed by atoms with Gasteiger partial charge in [0, 0.05) is 50.6 Å². The van der Waals surface area contributed by atoms with Gasteiger partial charge >= 0.3 is 0 Å². The number of aliphatic hydroxyl groups excluding tert-OH is 1. The highest BCUT2D eigenvalue weighted by atomic mass is 35.5. The van der Waals surface area contributed by atoms with Gasteiger partial charge < -0.3 is 25.1 Å². The summed E-state index contributed by atoms with van der Waals surface area (Å²) >= 11 is 8.26. The van der Waals surface area contributed by atoms with Crippen molar-refractivity contribution in [3.8, 4) is 16.1 Å². The number of likely N-dealkylation sites (tertiary alicyclic amines) is 3. The number of piperidine rings is 2. The fraction of sp³-hybridized carbons (Fsp3) is 0.548. The molecule has 7 heterocycles. The van der Waals surface area contributed by atoms with Crippen molar-refractivity contribution in [2.75, 3.05) is 39.3 Å². The van der Waals surface area contributed by atoms with E-state index in [2.05, 4.69) is 48.3 Å². The smallest absolute Gasteiger partial charge is 0.282 e. The fourth-order valence-electron chi connectivity index (χ4n) is 14.9. The number of fused-ring (bicyclic) bond motifs is 7. The summed E-state index contributed by atoms with van der Waals surface area (Å²) in [6.45, 7) is 8.32. The molecule has 3 aromatic carbocycles. The third-order valence-electron chi connectivity index (χ3n) is 19.6. The number of halogens is 1. The molecule has 2 N–H and O–H groups in total. The van der Waals surface area contributed by atoms with E-state index in [0.29, 0.717) is 54.1 Å². The molecule has 3 amide bonds. The molecule has 79 heavy (non-hydrogen) atoms. The standard InChI is InChI=1S/C62H73ClN10O5S/c1-37(40-13-17-44(18-14-40)56-38(2)64-36-79-56)65-57(75)53-32-47(74)34-71(53)60(78)55(72-35-50(67-68-72)42-15-16-42)43-23-29-70(30-24-43)59(77)45-11-9-39(10-12-45)33-69-27-21-41(22-28-69)46-19-20-48-52(31-46)73-51-8-6-7-49(63)54(51)58(76)66-61(73)62(48)25-4-3-5-26-62/h6-8,13-14,17-20,31,35-37,39,41-43,45,47,53,55,74H,3-5,9-12,15-16,21-30,32-34H2,1-2H3,(H,65,75)/t37-,39?,45?,47+,53-,55-/m0/s1. The molecule has 414 valence electrons. The second kappa shape index (κ2) is 21.6. The number of hydrogen-bond donors (Lipinski definition) is 2. The molecule has 6 aromatic rings. The molecule has 0 bridgehead atoms. The minimum absolute atomic E-state index is 0.0136. The highest BCUT2D eigenvalue weighted by molar-refractivity contribution is 7.13. The molecular weight excluding hydrogens is 1030 g/mol. The summed E-state index contributed by atoms with van der Waals surface area (Å²) in [7, 11) is 0. The van der Waals surface area contributed by atoms with Crippen LogP contribution in [0.4, 0.5) is 0 Å². The molecule has 3 saturated heterocycles. The van der Waals surface area contributed by atoms with E-state index < -0.39 is 18.2 Å². The SMILES string of the molecule is Cc1ncsc1-c1ccc([C@H](C)NC(=O)[C@@H]2C[C@@H](O)CN2C(=O)[C@H](C2CCN(C(=O)C3CCC(CN4CCC(c5ccc6c(c5)-n5c(nc(=O)c7c(Cl)cccc75)C65CCCCC5)CC4)CC3)CC2)n2cc(C3CC3)nn2)cc1. The molecule has 3 aliphatic carbocycles. The van der Waals surface area contributed by atoms with Gasteiger partial charge in [-0.05, 0) is 162 Å². The van der Waals surface area contributed by atoms with Crippen molar-refractivity contribution in [2.24, 2.45) is 17.8 Å². The Balaban J connectivity index is 0.613. The summed E-state index contributed by atoms with van der Waals surface area (Å²) in [5.41, 5.74) is 9.97. The second-order valence-corrected chi connectivity index (χ2v) is 25.7. The van der Waals surface area contributed by atoms with Gasteiger partial charge in [0.15, 0.2) is 0 Å². The lowest BCUT2D eigenvalue weighted by Gasteiger charge is -2.40. The number of carbonyl (C=O) groups is 3. The number of nitrogens with zero attached hydrogens (tertiary/aromatic N) is 9. The number of β-amino-alcohol motifs (C(OH)–C–C–N with tert-alkyl or cyclic N) is 1. The molecule has 4 aliphatic heterocycles. The van der Waals surface area contributed by atoms with Crippen LogP contribution in [-0.4, -0.2) is 118 Å². The predicted molar refractivity (Wildman–Crippen MR) is 305 cm³/mol. The van der Waals surface area contributed by atoms with Crippen LogP contribution in [-0.2, 0) is 19.8 Å². The first-order valence-corrected chi connectivity index (χ1v) is 30.7. The normalized spacial score (nSPS) is 24.4. The molecule has 7 aliphatic rings. The van der Waals surface area contributed by atoms with E-state index in [1.165, 1.54) is 23.2 Å². The van der Waals surface area contributed by atoms with E-state index >= 15 is 0 Å².